The van der Waals surface area contributed by atoms with E-state index in [2.05, 4.69) is 9.88 Å². The Morgan fingerprint density at radius 3 is 2.75 bits per heavy atom. The zero-order valence-electron chi connectivity index (χ0n) is 18.9. The molecule has 3 rings (SSSR count). The third kappa shape index (κ3) is 5.99. The van der Waals surface area contributed by atoms with E-state index in [1.54, 1.807) is 17.3 Å². The van der Waals surface area contributed by atoms with E-state index >= 15 is 0 Å². The third-order valence-corrected chi connectivity index (χ3v) is 5.73. The number of H-pyrrole nitrogens is 1. The average Bonchev–Trinajstić information content (AvgIpc) is 3.12. The number of nitrogens with zero attached hydrogens (tertiary/aromatic N) is 2. The van der Waals surface area contributed by atoms with Gasteiger partial charge in [-0.25, -0.2) is 15.0 Å². The molecule has 8 nitrogen and oxygen atoms in total. The van der Waals surface area contributed by atoms with Crippen molar-refractivity contribution in [2.24, 2.45) is 29.1 Å². The Labute approximate surface area is 188 Å². The van der Waals surface area contributed by atoms with Crippen molar-refractivity contribution in [2.75, 3.05) is 39.3 Å². The van der Waals surface area contributed by atoms with Crippen LogP contribution >= 0.6 is 0 Å². The van der Waals surface area contributed by atoms with Gasteiger partial charge >= 0.3 is 5.97 Å². The van der Waals surface area contributed by atoms with Crippen molar-refractivity contribution in [1.29, 1.82) is 0 Å². The topological polar surface area (TPSA) is 127 Å². The fourth-order valence-corrected chi connectivity index (χ4v) is 4.10. The standard InChI is InChI=1S/C23H35FN6O2/c1-15(2)14-32-23(31)22-21(18-11-17(24)3-4-20(18)28-22)19(26)13-30(27)12-16-5-8-29(9-6-16)10-7-25/h3-4,11,13,15-16,28H,5-10,12,14,25-27H2,1-2H3/b19-13-. The Morgan fingerprint density at radius 2 is 2.09 bits per heavy atom. The number of ether oxygens (including phenoxy) is 1. The number of hydrogen-bond donors (Lipinski definition) is 4. The Kier molecular flexibility index (Phi) is 8.11. The van der Waals surface area contributed by atoms with Crippen LogP contribution in [-0.4, -0.2) is 60.2 Å². The van der Waals surface area contributed by atoms with Gasteiger partial charge in [-0.15, -0.1) is 0 Å². The second-order valence-electron chi connectivity index (χ2n) is 8.91. The first-order chi connectivity index (χ1) is 15.3. The second kappa shape index (κ2) is 10.8. The van der Waals surface area contributed by atoms with Gasteiger partial charge in [-0.2, -0.15) is 0 Å². The van der Waals surface area contributed by atoms with Gasteiger partial charge in [0.05, 0.1) is 12.3 Å². The molecule has 1 saturated heterocycles. The summed E-state index contributed by atoms with van der Waals surface area (Å²) in [5.41, 5.74) is 13.5. The molecule has 0 amide bonds. The summed E-state index contributed by atoms with van der Waals surface area (Å²) in [5.74, 6) is 5.93. The molecule has 0 bridgehead atoms. The van der Waals surface area contributed by atoms with E-state index in [-0.39, 0.29) is 23.9 Å². The van der Waals surface area contributed by atoms with Crippen LogP contribution in [0.5, 0.6) is 0 Å². The molecule has 0 spiro atoms. The molecular formula is C23H35FN6O2. The van der Waals surface area contributed by atoms with Crippen LogP contribution < -0.4 is 17.3 Å². The van der Waals surface area contributed by atoms with Crippen molar-refractivity contribution < 1.29 is 13.9 Å². The highest BCUT2D eigenvalue weighted by Crippen LogP contribution is 2.28. The summed E-state index contributed by atoms with van der Waals surface area (Å²) in [7, 11) is 0. The summed E-state index contributed by atoms with van der Waals surface area (Å²) in [4.78, 5) is 18.1. The summed E-state index contributed by atoms with van der Waals surface area (Å²) in [6, 6.07) is 4.27. The molecule has 2 aromatic rings. The predicted molar refractivity (Wildman–Crippen MR) is 125 cm³/mol. The minimum atomic E-state index is -0.530. The first kappa shape index (κ1) is 24.0. The molecule has 0 aliphatic carbocycles. The van der Waals surface area contributed by atoms with Crippen molar-refractivity contribution in [3.63, 3.8) is 0 Å². The number of halogens is 1. The SMILES string of the molecule is CC(C)COC(=O)c1[nH]c2ccc(F)cc2c1/C(N)=C/N(N)CC1CCN(CCN)CC1. The van der Waals surface area contributed by atoms with Crippen molar-refractivity contribution in [1.82, 2.24) is 14.9 Å². The molecule has 32 heavy (non-hydrogen) atoms. The zero-order chi connectivity index (χ0) is 23.3. The molecule has 0 saturated carbocycles. The lowest BCUT2D eigenvalue weighted by Crippen LogP contribution is -2.41. The van der Waals surface area contributed by atoms with Gasteiger partial charge in [0, 0.05) is 42.3 Å². The van der Waals surface area contributed by atoms with E-state index < -0.39 is 11.8 Å². The van der Waals surface area contributed by atoms with E-state index in [4.69, 9.17) is 22.0 Å². The fourth-order valence-electron chi connectivity index (χ4n) is 4.10. The van der Waals surface area contributed by atoms with Gasteiger partial charge in [-0.05, 0) is 56.0 Å². The molecule has 0 radical (unpaired) electrons. The van der Waals surface area contributed by atoms with Gasteiger partial charge in [-0.3, -0.25) is 0 Å². The summed E-state index contributed by atoms with van der Waals surface area (Å²) < 4.78 is 19.4. The lowest BCUT2D eigenvalue weighted by Gasteiger charge is -2.33. The fraction of sp³-hybridized carbons (Fsp3) is 0.522. The lowest BCUT2D eigenvalue weighted by atomic mass is 9.96. The Balaban J connectivity index is 1.80. The summed E-state index contributed by atoms with van der Waals surface area (Å²) >= 11 is 0. The van der Waals surface area contributed by atoms with Gasteiger partial charge < -0.3 is 31.1 Å². The normalized spacial score (nSPS) is 16.1. The van der Waals surface area contributed by atoms with Crippen LogP contribution in [0.4, 0.5) is 4.39 Å². The maximum absolute atomic E-state index is 14.0. The Morgan fingerprint density at radius 1 is 1.38 bits per heavy atom. The van der Waals surface area contributed by atoms with Gasteiger partial charge in [0.15, 0.2) is 0 Å². The molecule has 1 aromatic heterocycles. The summed E-state index contributed by atoms with van der Waals surface area (Å²) in [6.07, 6.45) is 3.68. The largest absolute Gasteiger partial charge is 0.461 e. The lowest BCUT2D eigenvalue weighted by molar-refractivity contribution is 0.0452. The molecule has 7 N–H and O–H groups in total. The molecule has 2 heterocycles. The highest BCUT2D eigenvalue weighted by Gasteiger charge is 2.23. The predicted octanol–water partition coefficient (Wildman–Crippen LogP) is 2.22. The first-order valence-electron chi connectivity index (χ1n) is 11.2. The maximum Gasteiger partial charge on any atom is 0.355 e. The van der Waals surface area contributed by atoms with Crippen LogP contribution in [-0.2, 0) is 4.74 Å². The number of nitrogens with two attached hydrogens (primary N) is 3. The van der Waals surface area contributed by atoms with Gasteiger partial charge in [0.1, 0.15) is 11.5 Å². The maximum atomic E-state index is 14.0. The number of rotatable bonds is 9. The number of carbonyl (C=O) groups is 1. The smallest absolute Gasteiger partial charge is 0.355 e. The molecule has 0 unspecified atom stereocenters. The number of benzene rings is 1. The van der Waals surface area contributed by atoms with Gasteiger partial charge in [-0.1, -0.05) is 13.8 Å². The van der Waals surface area contributed by atoms with E-state index in [0.29, 0.717) is 35.5 Å². The number of hydrogen-bond acceptors (Lipinski definition) is 7. The van der Waals surface area contributed by atoms with E-state index in [1.807, 2.05) is 13.8 Å². The van der Waals surface area contributed by atoms with Crippen LogP contribution in [0.1, 0.15) is 42.7 Å². The number of hydrazine groups is 1. The van der Waals surface area contributed by atoms with E-state index in [0.717, 1.165) is 32.5 Å². The Hall–Kier alpha value is -2.62. The number of aromatic amines is 1. The Bertz CT molecular complexity index is 949. The molecule has 1 fully saturated rings. The highest BCUT2D eigenvalue weighted by molar-refractivity contribution is 6.04. The van der Waals surface area contributed by atoms with Crippen LogP contribution in [0.3, 0.4) is 0 Å². The number of carbonyl (C=O) groups excluding carboxylic acids is 1. The highest BCUT2D eigenvalue weighted by atomic mass is 19.1. The molecule has 176 valence electrons. The van der Waals surface area contributed by atoms with Crippen molar-refractivity contribution in [2.45, 2.75) is 26.7 Å². The average molecular weight is 447 g/mol. The number of aromatic nitrogens is 1. The van der Waals surface area contributed by atoms with Crippen molar-refractivity contribution >= 4 is 22.6 Å². The monoisotopic (exact) mass is 446 g/mol. The number of fused-ring (bicyclic) bond motifs is 1. The summed E-state index contributed by atoms with van der Waals surface area (Å²) in [5, 5.41) is 2.07. The third-order valence-electron chi connectivity index (χ3n) is 5.73. The number of piperidine rings is 1. The number of nitrogens with one attached hydrogen (secondary N) is 1. The second-order valence-corrected chi connectivity index (χ2v) is 8.91. The van der Waals surface area contributed by atoms with Gasteiger partial charge in [0.2, 0.25) is 0 Å². The zero-order valence-corrected chi connectivity index (χ0v) is 18.9. The number of likely N-dealkylation sites (tertiary alicyclic amines) is 1. The van der Waals surface area contributed by atoms with E-state index in [1.165, 1.54) is 12.1 Å². The first-order valence-corrected chi connectivity index (χ1v) is 11.2. The van der Waals surface area contributed by atoms with Gasteiger partial charge in [0.25, 0.3) is 0 Å². The van der Waals surface area contributed by atoms with Crippen LogP contribution in [0.15, 0.2) is 24.4 Å². The van der Waals surface area contributed by atoms with Crippen LogP contribution in [0, 0.1) is 17.7 Å². The van der Waals surface area contributed by atoms with Crippen molar-refractivity contribution in [3.8, 4) is 0 Å². The number of esters is 1. The van der Waals surface area contributed by atoms with E-state index in [9.17, 15) is 9.18 Å². The van der Waals surface area contributed by atoms with Crippen LogP contribution in [0.2, 0.25) is 0 Å². The molecule has 9 heteroatoms. The molecule has 1 aromatic carbocycles. The van der Waals surface area contributed by atoms with Crippen LogP contribution in [0.25, 0.3) is 16.6 Å². The molecular weight excluding hydrogens is 411 g/mol. The molecule has 1 aliphatic heterocycles. The minimum Gasteiger partial charge on any atom is -0.461 e. The van der Waals surface area contributed by atoms with Crippen molar-refractivity contribution in [3.05, 3.63) is 41.5 Å². The minimum absolute atomic E-state index is 0.188. The molecule has 1 aliphatic rings. The summed E-state index contributed by atoms with van der Waals surface area (Å²) in [6.45, 7) is 8.41. The molecule has 0 atom stereocenters. The quantitative estimate of drug-likeness (QED) is 0.264.